The van der Waals surface area contributed by atoms with Gasteiger partial charge >= 0.3 is 0 Å². The average molecular weight is 561 g/mol. The lowest BCUT2D eigenvalue weighted by molar-refractivity contribution is -0.123. The molecule has 4 aliphatic carbocycles. The summed E-state index contributed by atoms with van der Waals surface area (Å²) in [6.45, 7) is 3.56. The number of nitrogens with two attached hydrogens (primary N) is 1. The lowest BCUT2D eigenvalue weighted by atomic mass is 9.53. The molecule has 1 aromatic carbocycles. The van der Waals surface area contributed by atoms with Gasteiger partial charge in [-0.1, -0.05) is 6.07 Å². The topological polar surface area (TPSA) is 147 Å². The second-order valence-corrected chi connectivity index (χ2v) is 13.2. The molecule has 0 bridgehead atoms. The van der Waals surface area contributed by atoms with Crippen LogP contribution in [0.4, 0.5) is 0 Å². The Hall–Kier alpha value is -3.59. The molecule has 4 saturated carbocycles. The summed E-state index contributed by atoms with van der Waals surface area (Å²) in [6, 6.07) is 5.80. The summed E-state index contributed by atoms with van der Waals surface area (Å²) in [7, 11) is 0. The summed E-state index contributed by atoms with van der Waals surface area (Å²) in [5.74, 6) is 1.42. The number of carbonyl (C=O) groups is 2. The fourth-order valence-electron chi connectivity index (χ4n) is 6.34. The van der Waals surface area contributed by atoms with E-state index in [9.17, 15) is 14.7 Å². The number of ether oxygens (including phenoxy) is 2. The van der Waals surface area contributed by atoms with Crippen molar-refractivity contribution in [2.24, 2.45) is 17.1 Å². The summed E-state index contributed by atoms with van der Waals surface area (Å²) in [5, 5.41) is 24.5. The third-order valence-corrected chi connectivity index (χ3v) is 8.81. The van der Waals surface area contributed by atoms with Gasteiger partial charge in [-0.15, -0.1) is 0 Å². The van der Waals surface area contributed by atoms with Gasteiger partial charge in [-0.3, -0.25) is 9.59 Å². The predicted octanol–water partition coefficient (Wildman–Crippen LogP) is 3.94. The molecule has 2 amide bonds. The minimum Gasteiger partial charge on any atom is -0.490 e. The second-order valence-electron chi connectivity index (χ2n) is 13.2. The Labute approximate surface area is 240 Å². The molecule has 1 heterocycles. The molecule has 41 heavy (non-hydrogen) atoms. The van der Waals surface area contributed by atoms with E-state index in [1.165, 1.54) is 18.4 Å². The molecule has 218 valence electrons. The number of hydrogen-bond acceptors (Lipinski definition) is 7. The van der Waals surface area contributed by atoms with Crippen LogP contribution in [0.3, 0.4) is 0 Å². The minimum atomic E-state index is -0.952. The molecule has 1 spiro atoms. The van der Waals surface area contributed by atoms with Gasteiger partial charge in [-0.25, -0.2) is 0 Å². The Bertz CT molecular complexity index is 1350. The summed E-state index contributed by atoms with van der Waals surface area (Å²) in [5.41, 5.74) is 8.21. The Kier molecular flexibility index (Phi) is 6.96. The zero-order chi connectivity index (χ0) is 28.9. The first-order valence-corrected chi connectivity index (χ1v) is 14.7. The number of carbonyl (C=O) groups excluding carboxylic acids is 2. The number of allylic oxidation sites excluding steroid dienone is 3. The maximum Gasteiger partial charge on any atom is 0.255 e. The molecule has 1 aromatic rings. The van der Waals surface area contributed by atoms with E-state index >= 15 is 0 Å². The number of hydrogen-bond donors (Lipinski definition) is 5. The highest BCUT2D eigenvalue weighted by Gasteiger charge is 2.54. The first-order chi connectivity index (χ1) is 19.5. The van der Waals surface area contributed by atoms with Gasteiger partial charge in [0.1, 0.15) is 18.1 Å². The maximum atomic E-state index is 13.2. The van der Waals surface area contributed by atoms with Crippen molar-refractivity contribution in [2.75, 3.05) is 6.61 Å². The molecule has 9 nitrogen and oxygen atoms in total. The lowest BCUT2D eigenvalue weighted by Crippen LogP contribution is -2.59. The van der Waals surface area contributed by atoms with Crippen molar-refractivity contribution in [3.8, 4) is 5.75 Å². The summed E-state index contributed by atoms with van der Waals surface area (Å²) in [6.07, 6.45) is 12.7. The zero-order valence-corrected chi connectivity index (χ0v) is 23.8. The van der Waals surface area contributed by atoms with E-state index in [0.717, 1.165) is 50.4 Å². The molecule has 0 aromatic heterocycles. The molecule has 5 aliphatic rings. The van der Waals surface area contributed by atoms with Gasteiger partial charge in [0.2, 0.25) is 0 Å². The Morgan fingerprint density at radius 2 is 1.85 bits per heavy atom. The third-order valence-electron chi connectivity index (χ3n) is 8.81. The molecule has 0 atom stereocenters. The molecule has 6 N–H and O–H groups in total. The quantitative estimate of drug-likeness (QED) is 0.205. The van der Waals surface area contributed by atoms with Gasteiger partial charge in [-0.05, 0) is 106 Å². The molecular formula is C32H40N4O5. The van der Waals surface area contributed by atoms with E-state index < -0.39 is 11.5 Å². The predicted molar refractivity (Wildman–Crippen MR) is 154 cm³/mol. The third kappa shape index (κ3) is 6.05. The van der Waals surface area contributed by atoms with Gasteiger partial charge in [0.15, 0.2) is 0 Å². The summed E-state index contributed by atoms with van der Waals surface area (Å²) >= 11 is 0. The van der Waals surface area contributed by atoms with Gasteiger partial charge in [0.05, 0.1) is 34.2 Å². The fraction of sp³-hybridized carbons (Fsp3) is 0.531. The van der Waals surface area contributed by atoms with Crippen molar-refractivity contribution < 1.29 is 24.2 Å². The minimum absolute atomic E-state index is 0.0375. The van der Waals surface area contributed by atoms with E-state index in [-0.39, 0.29) is 35.6 Å². The van der Waals surface area contributed by atoms with E-state index in [4.69, 9.17) is 20.6 Å². The van der Waals surface area contributed by atoms with E-state index in [0.29, 0.717) is 34.6 Å². The highest BCUT2D eigenvalue weighted by atomic mass is 16.5. The van der Waals surface area contributed by atoms with Crippen molar-refractivity contribution in [2.45, 2.75) is 88.9 Å². The average Bonchev–Trinajstić information content (AvgIpc) is 3.78. The standard InChI is InChI=1S/C32H40N4O5/c1-31(2,39)17-40-26-10-9-25(36-28(26)19-5-6-19)24(16-33)30(38)35-21-12-32(13-21)14-22(15-32)41-27-11-20(18-3-4-18)7-8-23(27)29(34)37/h7-11,16,18-19,21-22,33,36,39H,3-6,12-15,17H2,1-2H3,(H2,34,37)(H,35,38)/b25-24+,33-16?. The van der Waals surface area contributed by atoms with Crippen LogP contribution in [0.25, 0.3) is 0 Å². The number of dihydropyridines is 1. The number of aliphatic hydroxyl groups is 1. The van der Waals surface area contributed by atoms with E-state index in [2.05, 4.69) is 10.6 Å². The van der Waals surface area contributed by atoms with Crippen LogP contribution in [0.5, 0.6) is 5.75 Å². The molecule has 6 rings (SSSR count). The van der Waals surface area contributed by atoms with Crippen molar-refractivity contribution in [1.29, 1.82) is 5.41 Å². The highest BCUT2D eigenvalue weighted by Crippen LogP contribution is 2.57. The zero-order valence-electron chi connectivity index (χ0n) is 23.8. The molecule has 0 saturated heterocycles. The van der Waals surface area contributed by atoms with Crippen LogP contribution in [0.1, 0.15) is 87.1 Å². The number of nitrogens with one attached hydrogen (secondary N) is 3. The molecule has 1 aliphatic heterocycles. The Balaban J connectivity index is 1.03. The van der Waals surface area contributed by atoms with E-state index in [1.807, 2.05) is 18.2 Å². The van der Waals surface area contributed by atoms with Gasteiger partial charge in [0, 0.05) is 18.2 Å². The summed E-state index contributed by atoms with van der Waals surface area (Å²) in [4.78, 5) is 25.1. The smallest absolute Gasteiger partial charge is 0.255 e. The van der Waals surface area contributed by atoms with Gasteiger partial charge < -0.3 is 36.4 Å². The summed E-state index contributed by atoms with van der Waals surface area (Å²) < 4.78 is 12.1. The van der Waals surface area contributed by atoms with Crippen molar-refractivity contribution >= 4 is 18.0 Å². The first kappa shape index (κ1) is 27.6. The largest absolute Gasteiger partial charge is 0.490 e. The monoisotopic (exact) mass is 560 g/mol. The van der Waals surface area contributed by atoms with Crippen molar-refractivity contribution in [1.82, 2.24) is 10.6 Å². The van der Waals surface area contributed by atoms with Crippen LogP contribution in [-0.4, -0.2) is 47.5 Å². The van der Waals surface area contributed by atoms with Crippen LogP contribution >= 0.6 is 0 Å². The molecule has 0 radical (unpaired) electrons. The molecular weight excluding hydrogens is 520 g/mol. The van der Waals surface area contributed by atoms with Gasteiger partial charge in [-0.2, -0.15) is 0 Å². The Morgan fingerprint density at radius 3 is 2.46 bits per heavy atom. The van der Waals surface area contributed by atoms with Crippen LogP contribution in [0, 0.1) is 16.7 Å². The molecule has 0 unspecified atom stereocenters. The van der Waals surface area contributed by atoms with Crippen LogP contribution in [0.2, 0.25) is 0 Å². The number of rotatable bonds is 11. The molecule has 4 fully saturated rings. The number of benzene rings is 1. The van der Waals surface area contributed by atoms with Crippen molar-refractivity contribution in [3.05, 3.63) is 64.2 Å². The van der Waals surface area contributed by atoms with Crippen LogP contribution in [-0.2, 0) is 9.53 Å². The fourth-order valence-corrected chi connectivity index (χ4v) is 6.34. The van der Waals surface area contributed by atoms with Crippen LogP contribution < -0.4 is 21.1 Å². The van der Waals surface area contributed by atoms with Gasteiger partial charge in [0.25, 0.3) is 11.8 Å². The second kappa shape index (κ2) is 10.4. The lowest BCUT2D eigenvalue weighted by Gasteiger charge is -2.57. The first-order valence-electron chi connectivity index (χ1n) is 14.7. The molecule has 9 heteroatoms. The van der Waals surface area contributed by atoms with E-state index in [1.54, 1.807) is 26.0 Å². The normalized spacial score (nSPS) is 28.3. The van der Waals surface area contributed by atoms with Crippen LogP contribution in [0.15, 0.2) is 53.1 Å². The number of amides is 2. The maximum absolute atomic E-state index is 13.2. The SMILES string of the molecule is CC(C)(O)COC1=C(C2CC2)N/C(=C(\C=N)C(=O)NC2CC3(C2)CC(Oc2cc(C4CC4)ccc2C(N)=O)C3)C=C1. The van der Waals surface area contributed by atoms with Crippen molar-refractivity contribution in [3.63, 3.8) is 0 Å². The number of primary amides is 1. The Morgan fingerprint density at radius 1 is 1.15 bits per heavy atom. The highest BCUT2D eigenvalue weighted by molar-refractivity contribution is 6.12.